The lowest BCUT2D eigenvalue weighted by Crippen LogP contribution is -2.30. The molecule has 19 heteroatoms. The van der Waals surface area contributed by atoms with Crippen molar-refractivity contribution in [3.05, 3.63) is 0 Å². The molecule has 0 rings (SSSR count). The first kappa shape index (κ1) is 105. The van der Waals surface area contributed by atoms with Gasteiger partial charge in [0.1, 0.15) is 19.3 Å². The van der Waals surface area contributed by atoms with Gasteiger partial charge < -0.3 is 33.8 Å². The van der Waals surface area contributed by atoms with Crippen molar-refractivity contribution in [2.45, 2.75) is 478 Å². The summed E-state index contributed by atoms with van der Waals surface area (Å²) < 4.78 is 69.0. The number of unbranched alkanes of at least 4 members (excludes halogenated alkanes) is 51. The summed E-state index contributed by atoms with van der Waals surface area (Å²) in [6.07, 6.45) is 66.7. The van der Waals surface area contributed by atoms with Gasteiger partial charge in [0.2, 0.25) is 0 Å². The van der Waals surface area contributed by atoms with Crippen LogP contribution in [0.2, 0.25) is 0 Å². The Hall–Kier alpha value is -1.94. The number of esters is 4. The number of carbonyl (C=O) groups is 4. The summed E-state index contributed by atoms with van der Waals surface area (Å²) in [5.74, 6) is 1.05. The van der Waals surface area contributed by atoms with Crippen LogP contribution in [-0.2, 0) is 65.4 Å². The Morgan fingerprint density at radius 2 is 0.393 bits per heavy atom. The molecule has 2 unspecified atom stereocenters. The molecule has 0 amide bonds. The molecule has 0 aromatic rings. The Bertz CT molecular complexity index is 2080. The SMILES string of the molecule is CC(C)CCCCCCCCCCCCCCCCCCCCC(=O)O[C@H](COC(=O)CCCCCCCCCCCCCCCCCCC(C)C)COP(=O)(O)OC[C@@H](O)COP(=O)(O)OC[C@@H](COC(=O)CCCCCCCCCCCC(C)C)OC(=O)CCCCCCCCCCCCCCC(C)C. The van der Waals surface area contributed by atoms with E-state index in [1.807, 2.05) is 0 Å². The van der Waals surface area contributed by atoms with Crippen LogP contribution < -0.4 is 0 Å². The van der Waals surface area contributed by atoms with Gasteiger partial charge in [-0.1, -0.05) is 409 Å². The summed E-state index contributed by atoms with van der Waals surface area (Å²) in [6.45, 7) is 14.4. The van der Waals surface area contributed by atoms with Crippen molar-refractivity contribution in [2.75, 3.05) is 39.6 Å². The predicted octanol–water partition coefficient (Wildman–Crippen LogP) is 26.7. The number of rotatable bonds is 85. The second kappa shape index (κ2) is 76.7. The lowest BCUT2D eigenvalue weighted by Gasteiger charge is -2.21. The van der Waals surface area contributed by atoms with Gasteiger partial charge in [-0.15, -0.1) is 0 Å². The van der Waals surface area contributed by atoms with Crippen LogP contribution in [0.1, 0.15) is 460 Å². The number of phosphoric ester groups is 2. The van der Waals surface area contributed by atoms with E-state index in [0.717, 1.165) is 114 Å². The fourth-order valence-corrected chi connectivity index (χ4v) is 15.3. The molecule has 0 aliphatic carbocycles. The van der Waals surface area contributed by atoms with Crippen molar-refractivity contribution in [1.29, 1.82) is 0 Å². The standard InChI is InChI=1S/C88H172O17P2/c1-78(2)64-56-48-40-32-25-19-15-11-9-10-12-18-22-29-37-46-54-62-70-87(92)104-83(74-98-85(90)68-60-52-44-36-28-21-17-14-13-16-20-26-33-41-49-57-65-79(3)4)76-102-106(94,95)100-72-82(89)73-101-107(96,97)103-77-84(75-99-86(91)69-61-53-45-39-31-35-43-51-59-67-81(7)8)105-88(93)71-63-55-47-38-30-24-23-27-34-42-50-58-66-80(5)6/h78-84,89H,9-77H2,1-8H3,(H,94,95)(H,96,97)/t82-,83-,84-/m1/s1. The third-order valence-corrected chi connectivity index (χ3v) is 22.5. The van der Waals surface area contributed by atoms with Crippen LogP contribution in [-0.4, -0.2) is 96.7 Å². The number of ether oxygens (including phenoxy) is 4. The van der Waals surface area contributed by atoms with Crippen LogP contribution in [0.5, 0.6) is 0 Å². The monoisotopic (exact) mass is 1560 g/mol. The van der Waals surface area contributed by atoms with Gasteiger partial charge >= 0.3 is 39.5 Å². The minimum absolute atomic E-state index is 0.106. The molecule has 0 aliphatic rings. The minimum Gasteiger partial charge on any atom is -0.462 e. The van der Waals surface area contributed by atoms with E-state index in [0.29, 0.717) is 25.7 Å². The predicted molar refractivity (Wildman–Crippen MR) is 441 cm³/mol. The Labute approximate surface area is 658 Å². The topological polar surface area (TPSA) is 237 Å². The molecule has 5 atom stereocenters. The summed E-state index contributed by atoms with van der Waals surface area (Å²) in [6, 6.07) is 0. The second-order valence-corrected chi connectivity index (χ2v) is 36.4. The van der Waals surface area contributed by atoms with E-state index in [2.05, 4.69) is 55.4 Å². The van der Waals surface area contributed by atoms with Gasteiger partial charge in [-0.3, -0.25) is 37.3 Å². The molecule has 0 aliphatic heterocycles. The molecule has 0 aromatic heterocycles. The van der Waals surface area contributed by atoms with E-state index < -0.39 is 97.5 Å². The number of hydrogen-bond acceptors (Lipinski definition) is 15. The normalized spacial score (nSPS) is 13.9. The molecule has 17 nitrogen and oxygen atoms in total. The number of carbonyl (C=O) groups excluding carboxylic acids is 4. The molecule has 0 radical (unpaired) electrons. The van der Waals surface area contributed by atoms with E-state index in [1.54, 1.807) is 0 Å². The van der Waals surface area contributed by atoms with E-state index in [4.69, 9.17) is 37.0 Å². The Morgan fingerprint density at radius 3 is 0.579 bits per heavy atom. The highest BCUT2D eigenvalue weighted by Crippen LogP contribution is 2.45. The zero-order valence-electron chi connectivity index (χ0n) is 70.8. The molecule has 0 fully saturated rings. The largest absolute Gasteiger partial charge is 0.472 e. The Morgan fingerprint density at radius 1 is 0.234 bits per heavy atom. The highest BCUT2D eigenvalue weighted by Gasteiger charge is 2.31. The van der Waals surface area contributed by atoms with Crippen LogP contribution in [0.15, 0.2) is 0 Å². The van der Waals surface area contributed by atoms with Crippen molar-refractivity contribution in [3.63, 3.8) is 0 Å². The van der Waals surface area contributed by atoms with Crippen LogP contribution in [0.3, 0.4) is 0 Å². The van der Waals surface area contributed by atoms with Crippen LogP contribution in [0, 0.1) is 23.7 Å². The van der Waals surface area contributed by atoms with Crippen molar-refractivity contribution < 1.29 is 80.2 Å². The minimum atomic E-state index is -4.97. The molecule has 107 heavy (non-hydrogen) atoms. The lowest BCUT2D eigenvalue weighted by atomic mass is 10.0. The first-order valence-electron chi connectivity index (χ1n) is 45.2. The summed E-state index contributed by atoms with van der Waals surface area (Å²) >= 11 is 0. The number of aliphatic hydroxyl groups is 1. The van der Waals surface area contributed by atoms with Crippen molar-refractivity contribution >= 4 is 39.5 Å². The molecular weight excluding hydrogens is 1390 g/mol. The van der Waals surface area contributed by atoms with Gasteiger partial charge in [0.25, 0.3) is 0 Å². The average Bonchev–Trinajstić information content (AvgIpc) is 0.902. The maximum Gasteiger partial charge on any atom is 0.472 e. The lowest BCUT2D eigenvalue weighted by molar-refractivity contribution is -0.161. The Kier molecular flexibility index (Phi) is 75.3. The van der Waals surface area contributed by atoms with Crippen molar-refractivity contribution in [3.8, 4) is 0 Å². The van der Waals surface area contributed by atoms with E-state index in [1.165, 1.54) is 263 Å². The van der Waals surface area contributed by atoms with E-state index in [-0.39, 0.29) is 25.7 Å². The summed E-state index contributed by atoms with van der Waals surface area (Å²) in [4.78, 5) is 73.3. The third-order valence-electron chi connectivity index (χ3n) is 20.6. The third kappa shape index (κ3) is 81.9. The van der Waals surface area contributed by atoms with Crippen LogP contribution in [0.4, 0.5) is 0 Å². The molecule has 0 spiro atoms. The fraction of sp³-hybridized carbons (Fsp3) is 0.955. The van der Waals surface area contributed by atoms with E-state index >= 15 is 0 Å². The maximum atomic E-state index is 13.2. The van der Waals surface area contributed by atoms with Gasteiger partial charge in [-0.2, -0.15) is 0 Å². The van der Waals surface area contributed by atoms with Gasteiger partial charge in [-0.05, 0) is 49.4 Å². The first-order valence-corrected chi connectivity index (χ1v) is 48.2. The van der Waals surface area contributed by atoms with Gasteiger partial charge in [0.15, 0.2) is 12.2 Å². The molecule has 0 bridgehead atoms. The van der Waals surface area contributed by atoms with Crippen molar-refractivity contribution in [1.82, 2.24) is 0 Å². The fourth-order valence-electron chi connectivity index (χ4n) is 13.7. The van der Waals surface area contributed by atoms with Gasteiger partial charge in [-0.25, -0.2) is 9.13 Å². The number of aliphatic hydroxyl groups excluding tert-OH is 1. The average molecular weight is 1560 g/mol. The zero-order chi connectivity index (χ0) is 78.8. The molecule has 0 saturated heterocycles. The first-order chi connectivity index (χ1) is 51.6. The van der Waals surface area contributed by atoms with Crippen molar-refractivity contribution in [2.24, 2.45) is 23.7 Å². The smallest absolute Gasteiger partial charge is 0.462 e. The Balaban J connectivity index is 5.25. The molecule has 3 N–H and O–H groups in total. The maximum absolute atomic E-state index is 13.2. The van der Waals surface area contributed by atoms with Crippen LogP contribution >= 0.6 is 15.6 Å². The zero-order valence-corrected chi connectivity index (χ0v) is 72.6. The van der Waals surface area contributed by atoms with E-state index in [9.17, 15) is 43.2 Å². The van der Waals surface area contributed by atoms with Gasteiger partial charge in [0, 0.05) is 25.7 Å². The highest BCUT2D eigenvalue weighted by molar-refractivity contribution is 7.47. The summed E-state index contributed by atoms with van der Waals surface area (Å²) in [5, 5.41) is 10.7. The molecule has 636 valence electrons. The second-order valence-electron chi connectivity index (χ2n) is 33.5. The highest BCUT2D eigenvalue weighted by atomic mass is 31.2. The number of hydrogen-bond donors (Lipinski definition) is 3. The number of phosphoric acid groups is 2. The van der Waals surface area contributed by atoms with Gasteiger partial charge in [0.05, 0.1) is 26.4 Å². The summed E-state index contributed by atoms with van der Waals surface area (Å²) in [5.41, 5.74) is 0. The quantitative estimate of drug-likeness (QED) is 0.0222. The molecular formula is C88H172O17P2. The molecule has 0 aromatic carbocycles. The van der Waals surface area contributed by atoms with Crippen LogP contribution in [0.25, 0.3) is 0 Å². The molecule has 0 heterocycles. The summed E-state index contributed by atoms with van der Waals surface area (Å²) in [7, 11) is -9.93. The molecule has 0 saturated carbocycles.